The van der Waals surface area contributed by atoms with Gasteiger partial charge in [0.1, 0.15) is 17.1 Å². The van der Waals surface area contributed by atoms with Gasteiger partial charge in [-0.3, -0.25) is 4.79 Å². The summed E-state index contributed by atoms with van der Waals surface area (Å²) in [5.41, 5.74) is -1.39. The lowest BCUT2D eigenvalue weighted by Crippen LogP contribution is -2.31. The van der Waals surface area contributed by atoms with Gasteiger partial charge in [-0.1, -0.05) is 12.1 Å². The molecule has 0 aromatic heterocycles. The molecule has 0 aliphatic rings. The number of esters is 1. The van der Waals surface area contributed by atoms with Gasteiger partial charge in [0.25, 0.3) is 5.91 Å². The van der Waals surface area contributed by atoms with Crippen LogP contribution in [0.5, 0.6) is 11.5 Å². The third kappa shape index (κ3) is 4.93. The summed E-state index contributed by atoms with van der Waals surface area (Å²) in [4.78, 5) is 24.5. The Hall–Kier alpha value is -3.23. The van der Waals surface area contributed by atoms with Crippen LogP contribution in [-0.2, 0) is 15.7 Å². The van der Waals surface area contributed by atoms with Crippen molar-refractivity contribution in [1.82, 2.24) is 0 Å². The molecule has 0 saturated carbocycles. The molecule has 1 N–H and O–H groups in total. The number of hydrogen-bond acceptors (Lipinski definition) is 5. The zero-order valence-corrected chi connectivity index (χ0v) is 15.3. The number of anilines is 1. The fourth-order valence-corrected chi connectivity index (χ4v) is 2.32. The van der Waals surface area contributed by atoms with E-state index in [2.05, 4.69) is 5.32 Å². The smallest absolute Gasteiger partial charge is 0.418 e. The number of alkyl halides is 3. The number of carbonyl (C=O) groups excluding carboxylic acids is 2. The van der Waals surface area contributed by atoms with E-state index in [-0.39, 0.29) is 11.3 Å². The molecule has 0 spiro atoms. The monoisotopic (exact) mass is 397 g/mol. The Labute approximate surface area is 159 Å². The summed E-state index contributed by atoms with van der Waals surface area (Å²) in [7, 11) is 2.79. The number of rotatable bonds is 6. The first-order valence-corrected chi connectivity index (χ1v) is 8.07. The number of para-hydroxylation sites is 1. The van der Waals surface area contributed by atoms with Crippen molar-refractivity contribution < 1.29 is 37.0 Å². The molecule has 28 heavy (non-hydrogen) atoms. The number of carbonyl (C=O) groups is 2. The molecule has 0 aliphatic carbocycles. The van der Waals surface area contributed by atoms with Crippen LogP contribution in [0.25, 0.3) is 0 Å². The van der Waals surface area contributed by atoms with Gasteiger partial charge in [-0.05, 0) is 31.2 Å². The van der Waals surface area contributed by atoms with E-state index in [0.29, 0.717) is 5.75 Å². The maximum absolute atomic E-state index is 13.0. The van der Waals surface area contributed by atoms with Crippen molar-refractivity contribution in [1.29, 1.82) is 0 Å². The van der Waals surface area contributed by atoms with Crippen molar-refractivity contribution in [3.63, 3.8) is 0 Å². The van der Waals surface area contributed by atoms with Crippen molar-refractivity contribution in [3.05, 3.63) is 53.6 Å². The highest BCUT2D eigenvalue weighted by atomic mass is 19.4. The quantitative estimate of drug-likeness (QED) is 0.749. The molecule has 0 aliphatic heterocycles. The van der Waals surface area contributed by atoms with Gasteiger partial charge in [0.05, 0.1) is 25.5 Å². The van der Waals surface area contributed by atoms with Crippen LogP contribution in [0.3, 0.4) is 0 Å². The summed E-state index contributed by atoms with van der Waals surface area (Å²) in [6.07, 6.45) is -5.99. The Morgan fingerprint density at radius 3 is 2.32 bits per heavy atom. The molecule has 0 heterocycles. The van der Waals surface area contributed by atoms with Gasteiger partial charge in [0.2, 0.25) is 0 Å². The second kappa shape index (κ2) is 8.64. The molecule has 9 heteroatoms. The van der Waals surface area contributed by atoms with E-state index in [1.54, 1.807) is 0 Å². The lowest BCUT2D eigenvalue weighted by Gasteiger charge is -2.17. The summed E-state index contributed by atoms with van der Waals surface area (Å²) in [6.45, 7) is 1.25. The normalized spacial score (nSPS) is 12.1. The number of halogens is 3. The number of amides is 1. The molecule has 0 radical (unpaired) electrons. The maximum atomic E-state index is 13.0. The Morgan fingerprint density at radius 2 is 1.71 bits per heavy atom. The molecular formula is C19H18F3NO5. The van der Waals surface area contributed by atoms with E-state index in [1.807, 2.05) is 0 Å². The average Bonchev–Trinajstić information content (AvgIpc) is 2.66. The topological polar surface area (TPSA) is 73.9 Å². The Kier molecular flexibility index (Phi) is 6.50. The van der Waals surface area contributed by atoms with Crippen LogP contribution < -0.4 is 14.8 Å². The molecular weight excluding hydrogens is 379 g/mol. The third-order valence-corrected chi connectivity index (χ3v) is 3.77. The van der Waals surface area contributed by atoms with Gasteiger partial charge in [0.15, 0.2) is 6.10 Å². The molecule has 2 aromatic rings. The van der Waals surface area contributed by atoms with Crippen LogP contribution >= 0.6 is 0 Å². The van der Waals surface area contributed by atoms with Gasteiger partial charge in [-0.2, -0.15) is 13.2 Å². The van der Waals surface area contributed by atoms with Crippen LogP contribution in [0, 0.1) is 0 Å². The molecule has 0 fully saturated rings. The van der Waals surface area contributed by atoms with Crippen molar-refractivity contribution >= 4 is 17.6 Å². The van der Waals surface area contributed by atoms with E-state index < -0.39 is 35.4 Å². The van der Waals surface area contributed by atoms with Crippen molar-refractivity contribution in [2.24, 2.45) is 0 Å². The minimum atomic E-state index is -4.64. The summed E-state index contributed by atoms with van der Waals surface area (Å²) in [5.74, 6) is -1.16. The number of methoxy groups -OCH3 is 2. The molecule has 0 saturated heterocycles. The molecule has 6 nitrogen and oxygen atoms in total. The SMILES string of the molecule is COc1ccc(C(=O)OC(C)C(=O)Nc2ccccc2C(F)(F)F)c(OC)c1. The zero-order chi connectivity index (χ0) is 20.9. The van der Waals surface area contributed by atoms with Gasteiger partial charge >= 0.3 is 12.1 Å². The fourth-order valence-electron chi connectivity index (χ4n) is 2.32. The van der Waals surface area contributed by atoms with Crippen LogP contribution in [0.2, 0.25) is 0 Å². The van der Waals surface area contributed by atoms with Crippen LogP contribution in [0.15, 0.2) is 42.5 Å². The first-order valence-electron chi connectivity index (χ1n) is 8.07. The minimum absolute atomic E-state index is 0.0404. The summed E-state index contributed by atoms with van der Waals surface area (Å²) >= 11 is 0. The Bertz CT molecular complexity index is 867. The second-order valence-corrected chi connectivity index (χ2v) is 5.65. The fraction of sp³-hybridized carbons (Fsp3) is 0.263. The number of ether oxygens (including phenoxy) is 3. The average molecular weight is 397 g/mol. The van der Waals surface area contributed by atoms with E-state index in [1.165, 1.54) is 51.5 Å². The second-order valence-electron chi connectivity index (χ2n) is 5.65. The van der Waals surface area contributed by atoms with E-state index >= 15 is 0 Å². The van der Waals surface area contributed by atoms with Gasteiger partial charge in [-0.25, -0.2) is 4.79 Å². The van der Waals surface area contributed by atoms with Crippen molar-refractivity contribution in [3.8, 4) is 11.5 Å². The summed E-state index contributed by atoms with van der Waals surface area (Å²) in [6, 6.07) is 8.87. The molecule has 1 amide bonds. The molecule has 1 unspecified atom stereocenters. The lowest BCUT2D eigenvalue weighted by atomic mass is 10.1. The van der Waals surface area contributed by atoms with E-state index in [4.69, 9.17) is 14.2 Å². The zero-order valence-electron chi connectivity index (χ0n) is 15.3. The molecule has 2 rings (SSSR count). The van der Waals surface area contributed by atoms with Crippen molar-refractivity contribution in [2.75, 3.05) is 19.5 Å². The highest BCUT2D eigenvalue weighted by Crippen LogP contribution is 2.34. The van der Waals surface area contributed by atoms with Crippen molar-refractivity contribution in [2.45, 2.75) is 19.2 Å². The Morgan fingerprint density at radius 1 is 1.04 bits per heavy atom. The lowest BCUT2D eigenvalue weighted by molar-refractivity contribution is -0.137. The standard InChI is InChI=1S/C19H18F3NO5/c1-11(17(24)23-15-7-5-4-6-14(15)19(20,21)22)28-18(25)13-9-8-12(26-2)10-16(13)27-3/h4-11H,1-3H3,(H,23,24). The van der Waals surface area contributed by atoms with Crippen LogP contribution in [0.1, 0.15) is 22.8 Å². The number of benzene rings is 2. The molecule has 1 atom stereocenters. The van der Waals surface area contributed by atoms with Crippen LogP contribution in [0.4, 0.5) is 18.9 Å². The van der Waals surface area contributed by atoms with Gasteiger partial charge in [0, 0.05) is 6.07 Å². The number of hydrogen-bond donors (Lipinski definition) is 1. The van der Waals surface area contributed by atoms with Crippen LogP contribution in [-0.4, -0.2) is 32.2 Å². The van der Waals surface area contributed by atoms with Gasteiger partial charge in [-0.15, -0.1) is 0 Å². The molecule has 0 bridgehead atoms. The number of nitrogens with one attached hydrogen (secondary N) is 1. The predicted octanol–water partition coefficient (Wildman–Crippen LogP) is 3.91. The van der Waals surface area contributed by atoms with E-state index in [0.717, 1.165) is 12.1 Å². The highest BCUT2D eigenvalue weighted by molar-refractivity contribution is 5.98. The van der Waals surface area contributed by atoms with Gasteiger partial charge < -0.3 is 19.5 Å². The maximum Gasteiger partial charge on any atom is 0.418 e. The third-order valence-electron chi connectivity index (χ3n) is 3.77. The first kappa shape index (κ1) is 21.1. The minimum Gasteiger partial charge on any atom is -0.497 e. The summed E-state index contributed by atoms with van der Waals surface area (Å²) < 4.78 is 54.2. The predicted molar refractivity (Wildman–Crippen MR) is 94.5 cm³/mol. The highest BCUT2D eigenvalue weighted by Gasteiger charge is 2.34. The molecule has 150 valence electrons. The first-order chi connectivity index (χ1) is 13.2. The Balaban J connectivity index is 2.12. The summed E-state index contributed by atoms with van der Waals surface area (Å²) in [5, 5.41) is 2.13. The molecule has 2 aromatic carbocycles. The van der Waals surface area contributed by atoms with E-state index in [9.17, 15) is 22.8 Å². The largest absolute Gasteiger partial charge is 0.497 e.